The minimum Gasteiger partial charge on any atom is -0.309 e. The van der Waals surface area contributed by atoms with E-state index in [0.29, 0.717) is 0 Å². The molecule has 0 spiro atoms. The van der Waals surface area contributed by atoms with Crippen molar-refractivity contribution < 1.29 is 4.39 Å². The number of halogens is 1. The summed E-state index contributed by atoms with van der Waals surface area (Å²) in [5.74, 6) is 1.50. The van der Waals surface area contributed by atoms with E-state index in [9.17, 15) is 4.39 Å². The normalized spacial score (nSPS) is 24.8. The summed E-state index contributed by atoms with van der Waals surface area (Å²) < 4.78 is 13.1. The van der Waals surface area contributed by atoms with Gasteiger partial charge in [-0.15, -0.1) is 0 Å². The highest BCUT2D eigenvalue weighted by Gasteiger charge is 2.27. The van der Waals surface area contributed by atoms with Gasteiger partial charge in [0.2, 0.25) is 0 Å². The second kappa shape index (κ2) is 6.91. The minimum atomic E-state index is -0.160. The van der Waals surface area contributed by atoms with Crippen LogP contribution in [0.1, 0.15) is 65.0 Å². The van der Waals surface area contributed by atoms with Crippen LogP contribution in [0.3, 0.4) is 0 Å². The number of nitrogens with one attached hydrogen (secondary N) is 1. The molecule has 0 aromatic heterocycles. The van der Waals surface area contributed by atoms with E-state index >= 15 is 0 Å². The maximum Gasteiger partial charge on any atom is 0.123 e. The lowest BCUT2D eigenvalue weighted by atomic mass is 9.80. The van der Waals surface area contributed by atoms with E-state index in [0.717, 1.165) is 18.4 Å². The molecule has 1 aromatic carbocycles. The molecule has 0 bridgehead atoms. The molecule has 0 radical (unpaired) electrons. The molecule has 0 saturated heterocycles. The Kier molecular flexibility index (Phi) is 5.43. The zero-order valence-electron chi connectivity index (χ0n) is 14.0. The topological polar surface area (TPSA) is 12.0 Å². The molecule has 1 aromatic rings. The van der Waals surface area contributed by atoms with Gasteiger partial charge in [0.15, 0.2) is 0 Å². The van der Waals surface area contributed by atoms with Gasteiger partial charge in [-0.2, -0.15) is 0 Å². The van der Waals surface area contributed by atoms with Crippen LogP contribution in [0.15, 0.2) is 24.3 Å². The third kappa shape index (κ3) is 4.81. The SMILES string of the molecule is CC1CCCC(CNC(c2ccc(F)cc2)C(C)(C)C)C1. The second-order valence-corrected chi connectivity index (χ2v) is 7.90. The molecule has 21 heavy (non-hydrogen) atoms. The van der Waals surface area contributed by atoms with Crippen LogP contribution in [-0.2, 0) is 0 Å². The molecule has 2 rings (SSSR count). The summed E-state index contributed by atoms with van der Waals surface area (Å²) in [5, 5.41) is 3.76. The first kappa shape index (κ1) is 16.5. The van der Waals surface area contributed by atoms with Crippen LogP contribution < -0.4 is 5.32 Å². The quantitative estimate of drug-likeness (QED) is 0.790. The standard InChI is InChI=1S/C19H30FN/c1-14-6-5-7-15(12-14)13-21-18(19(2,3)4)16-8-10-17(20)11-9-16/h8-11,14-15,18,21H,5-7,12-13H2,1-4H3. The van der Waals surface area contributed by atoms with E-state index in [1.807, 2.05) is 12.1 Å². The van der Waals surface area contributed by atoms with Crippen molar-refractivity contribution in [3.63, 3.8) is 0 Å². The Balaban J connectivity index is 2.02. The molecule has 1 nitrogen and oxygen atoms in total. The largest absolute Gasteiger partial charge is 0.309 e. The van der Waals surface area contributed by atoms with E-state index in [1.165, 1.54) is 31.2 Å². The van der Waals surface area contributed by atoms with Crippen molar-refractivity contribution in [3.05, 3.63) is 35.6 Å². The molecule has 3 unspecified atom stereocenters. The first-order valence-corrected chi connectivity index (χ1v) is 8.35. The van der Waals surface area contributed by atoms with E-state index < -0.39 is 0 Å². The van der Waals surface area contributed by atoms with Gasteiger partial charge in [-0.1, -0.05) is 52.7 Å². The molecule has 0 heterocycles. The number of rotatable bonds is 4. The van der Waals surface area contributed by atoms with Gasteiger partial charge in [0, 0.05) is 6.04 Å². The van der Waals surface area contributed by atoms with Crippen LogP contribution in [0.4, 0.5) is 4.39 Å². The summed E-state index contributed by atoms with van der Waals surface area (Å²) in [6.45, 7) is 10.2. The monoisotopic (exact) mass is 291 g/mol. The van der Waals surface area contributed by atoms with Gasteiger partial charge in [-0.05, 0) is 54.3 Å². The predicted octanol–water partition coefficient (Wildman–Crippen LogP) is 5.33. The number of hydrogen-bond acceptors (Lipinski definition) is 1. The summed E-state index contributed by atoms with van der Waals surface area (Å²) in [5.41, 5.74) is 1.31. The molecule has 118 valence electrons. The van der Waals surface area contributed by atoms with Crippen LogP contribution in [0, 0.1) is 23.1 Å². The van der Waals surface area contributed by atoms with E-state index in [-0.39, 0.29) is 17.3 Å². The fraction of sp³-hybridized carbons (Fsp3) is 0.684. The Morgan fingerprint density at radius 2 is 1.86 bits per heavy atom. The highest BCUT2D eigenvalue weighted by atomic mass is 19.1. The van der Waals surface area contributed by atoms with Crippen molar-refractivity contribution in [2.75, 3.05) is 6.54 Å². The summed E-state index contributed by atoms with van der Waals surface area (Å²) in [6, 6.07) is 7.25. The fourth-order valence-corrected chi connectivity index (χ4v) is 3.61. The van der Waals surface area contributed by atoms with Crippen molar-refractivity contribution in [3.8, 4) is 0 Å². The third-order valence-corrected chi connectivity index (χ3v) is 4.73. The first-order chi connectivity index (χ1) is 9.86. The Labute approximate surface area is 129 Å². The lowest BCUT2D eigenvalue weighted by Gasteiger charge is -2.35. The van der Waals surface area contributed by atoms with Gasteiger partial charge in [-0.3, -0.25) is 0 Å². The predicted molar refractivity (Wildman–Crippen MR) is 87.7 cm³/mol. The van der Waals surface area contributed by atoms with Gasteiger partial charge < -0.3 is 5.32 Å². The van der Waals surface area contributed by atoms with Crippen LogP contribution in [-0.4, -0.2) is 6.54 Å². The van der Waals surface area contributed by atoms with Crippen molar-refractivity contribution >= 4 is 0 Å². The highest BCUT2D eigenvalue weighted by molar-refractivity contribution is 5.21. The van der Waals surface area contributed by atoms with Crippen molar-refractivity contribution in [1.29, 1.82) is 0 Å². The molecular weight excluding hydrogens is 261 g/mol. The average molecular weight is 291 g/mol. The van der Waals surface area contributed by atoms with Crippen molar-refractivity contribution in [1.82, 2.24) is 5.32 Å². The lowest BCUT2D eigenvalue weighted by molar-refractivity contribution is 0.224. The van der Waals surface area contributed by atoms with Crippen molar-refractivity contribution in [2.24, 2.45) is 17.3 Å². The van der Waals surface area contributed by atoms with Gasteiger partial charge in [-0.25, -0.2) is 4.39 Å². The Hall–Kier alpha value is -0.890. The highest BCUT2D eigenvalue weighted by Crippen LogP contribution is 2.34. The van der Waals surface area contributed by atoms with Crippen LogP contribution in [0.5, 0.6) is 0 Å². The molecule has 1 aliphatic carbocycles. The fourth-order valence-electron chi connectivity index (χ4n) is 3.61. The molecule has 0 amide bonds. The first-order valence-electron chi connectivity index (χ1n) is 8.35. The molecule has 0 aliphatic heterocycles. The van der Waals surface area contributed by atoms with Gasteiger partial charge in [0.25, 0.3) is 0 Å². The minimum absolute atomic E-state index is 0.123. The van der Waals surface area contributed by atoms with Gasteiger partial charge in [0.1, 0.15) is 5.82 Å². The summed E-state index contributed by atoms with van der Waals surface area (Å²) in [6.07, 6.45) is 5.44. The molecule has 3 atom stereocenters. The smallest absolute Gasteiger partial charge is 0.123 e. The zero-order valence-corrected chi connectivity index (χ0v) is 14.0. The number of hydrogen-bond donors (Lipinski definition) is 1. The molecule has 1 aliphatic rings. The molecule has 1 N–H and O–H groups in total. The van der Waals surface area contributed by atoms with E-state index in [2.05, 4.69) is 33.0 Å². The lowest BCUT2D eigenvalue weighted by Crippen LogP contribution is -2.36. The average Bonchev–Trinajstić information content (AvgIpc) is 2.39. The summed E-state index contributed by atoms with van der Waals surface area (Å²) in [4.78, 5) is 0. The molecular formula is C19H30FN. The zero-order chi connectivity index (χ0) is 15.5. The van der Waals surface area contributed by atoms with Gasteiger partial charge in [0.05, 0.1) is 0 Å². The van der Waals surface area contributed by atoms with E-state index in [1.54, 1.807) is 12.1 Å². The van der Waals surface area contributed by atoms with E-state index in [4.69, 9.17) is 0 Å². The molecule has 1 saturated carbocycles. The number of benzene rings is 1. The Morgan fingerprint density at radius 3 is 2.43 bits per heavy atom. The Morgan fingerprint density at radius 1 is 1.19 bits per heavy atom. The van der Waals surface area contributed by atoms with Crippen LogP contribution in [0.2, 0.25) is 0 Å². The maximum atomic E-state index is 13.1. The maximum absolute atomic E-state index is 13.1. The van der Waals surface area contributed by atoms with Gasteiger partial charge >= 0.3 is 0 Å². The Bertz CT molecular complexity index is 432. The van der Waals surface area contributed by atoms with Crippen LogP contribution in [0.25, 0.3) is 0 Å². The molecule has 1 fully saturated rings. The van der Waals surface area contributed by atoms with Crippen LogP contribution >= 0.6 is 0 Å². The van der Waals surface area contributed by atoms with Crippen molar-refractivity contribution in [2.45, 2.75) is 59.4 Å². The third-order valence-electron chi connectivity index (χ3n) is 4.73. The second-order valence-electron chi connectivity index (χ2n) is 7.90. The summed E-state index contributed by atoms with van der Waals surface area (Å²) >= 11 is 0. The summed E-state index contributed by atoms with van der Waals surface area (Å²) in [7, 11) is 0. The molecule has 2 heteroatoms.